The van der Waals surface area contributed by atoms with E-state index in [1.54, 1.807) is 6.07 Å². The first-order valence-electron chi connectivity index (χ1n) is 5.25. The summed E-state index contributed by atoms with van der Waals surface area (Å²) in [5, 5.41) is 18.0. The molecule has 1 aromatic carbocycles. The maximum atomic E-state index is 13.4. The SMILES string of the molecule is CC(CO)COc1ccc([C@H](C)O)c(F)c1. The van der Waals surface area contributed by atoms with Crippen LogP contribution in [0.15, 0.2) is 18.2 Å². The standard InChI is InChI=1S/C12H17FO3/c1-8(6-14)7-16-10-3-4-11(9(2)15)12(13)5-10/h3-5,8-9,14-15H,6-7H2,1-2H3/t8?,9-/m0/s1. The van der Waals surface area contributed by atoms with E-state index < -0.39 is 11.9 Å². The second kappa shape index (κ2) is 5.82. The molecule has 4 heteroatoms. The van der Waals surface area contributed by atoms with Crippen molar-refractivity contribution in [2.45, 2.75) is 20.0 Å². The van der Waals surface area contributed by atoms with Crippen LogP contribution in [-0.4, -0.2) is 23.4 Å². The van der Waals surface area contributed by atoms with Gasteiger partial charge in [0.2, 0.25) is 0 Å². The maximum Gasteiger partial charge on any atom is 0.132 e. The molecule has 2 N–H and O–H groups in total. The Hall–Kier alpha value is -1.13. The molecule has 0 saturated carbocycles. The van der Waals surface area contributed by atoms with Crippen LogP contribution < -0.4 is 4.74 Å². The lowest BCUT2D eigenvalue weighted by atomic mass is 10.1. The number of halogens is 1. The van der Waals surface area contributed by atoms with Gasteiger partial charge in [0.1, 0.15) is 11.6 Å². The summed E-state index contributed by atoms with van der Waals surface area (Å²) in [4.78, 5) is 0. The molecule has 1 rings (SSSR count). The molecule has 0 bridgehead atoms. The van der Waals surface area contributed by atoms with Crippen molar-refractivity contribution in [1.82, 2.24) is 0 Å². The smallest absolute Gasteiger partial charge is 0.132 e. The Labute approximate surface area is 94.5 Å². The van der Waals surface area contributed by atoms with Crippen molar-refractivity contribution in [2.24, 2.45) is 5.92 Å². The van der Waals surface area contributed by atoms with Crippen LogP contribution in [0.4, 0.5) is 4.39 Å². The van der Waals surface area contributed by atoms with Crippen molar-refractivity contribution in [3.05, 3.63) is 29.6 Å². The van der Waals surface area contributed by atoms with Crippen LogP contribution >= 0.6 is 0 Å². The van der Waals surface area contributed by atoms with Crippen LogP contribution in [0.1, 0.15) is 25.5 Å². The Balaban J connectivity index is 2.66. The van der Waals surface area contributed by atoms with Crippen molar-refractivity contribution < 1.29 is 19.3 Å². The zero-order valence-electron chi connectivity index (χ0n) is 9.48. The highest BCUT2D eigenvalue weighted by atomic mass is 19.1. The number of aliphatic hydroxyl groups is 2. The lowest BCUT2D eigenvalue weighted by Gasteiger charge is -2.12. The van der Waals surface area contributed by atoms with E-state index in [4.69, 9.17) is 9.84 Å². The lowest BCUT2D eigenvalue weighted by Crippen LogP contribution is -2.12. The molecule has 1 aromatic rings. The van der Waals surface area contributed by atoms with Crippen LogP contribution in [0.3, 0.4) is 0 Å². The maximum absolute atomic E-state index is 13.4. The summed E-state index contributed by atoms with van der Waals surface area (Å²) in [5.74, 6) is -0.0640. The first kappa shape index (κ1) is 12.9. The molecular formula is C12H17FO3. The third-order valence-electron chi connectivity index (χ3n) is 2.27. The van der Waals surface area contributed by atoms with Crippen molar-refractivity contribution in [1.29, 1.82) is 0 Å². The first-order valence-corrected chi connectivity index (χ1v) is 5.25. The van der Waals surface area contributed by atoms with Gasteiger partial charge in [-0.1, -0.05) is 6.92 Å². The highest BCUT2D eigenvalue weighted by Crippen LogP contribution is 2.21. The average Bonchev–Trinajstić information content (AvgIpc) is 2.25. The number of rotatable bonds is 5. The third kappa shape index (κ3) is 3.47. The predicted octanol–water partition coefficient (Wildman–Crippen LogP) is 1.89. The van der Waals surface area contributed by atoms with E-state index in [0.717, 1.165) is 0 Å². The van der Waals surface area contributed by atoms with E-state index in [1.807, 2.05) is 6.92 Å². The Kier molecular flexibility index (Phi) is 4.71. The Bertz CT molecular complexity index is 339. The number of aliphatic hydroxyl groups excluding tert-OH is 2. The van der Waals surface area contributed by atoms with Gasteiger partial charge in [-0.2, -0.15) is 0 Å². The number of hydrogen-bond acceptors (Lipinski definition) is 3. The monoisotopic (exact) mass is 228 g/mol. The molecule has 0 aliphatic rings. The van der Waals surface area contributed by atoms with Crippen LogP contribution in [0.2, 0.25) is 0 Å². The van der Waals surface area contributed by atoms with Gasteiger partial charge < -0.3 is 14.9 Å². The first-order chi connectivity index (χ1) is 7.54. The molecule has 2 atom stereocenters. The molecule has 0 aromatic heterocycles. The predicted molar refractivity (Wildman–Crippen MR) is 58.8 cm³/mol. The molecule has 0 radical (unpaired) electrons. The fraction of sp³-hybridized carbons (Fsp3) is 0.500. The van der Waals surface area contributed by atoms with Crippen LogP contribution in [-0.2, 0) is 0 Å². The molecule has 0 saturated heterocycles. The molecule has 90 valence electrons. The minimum atomic E-state index is -0.828. The zero-order chi connectivity index (χ0) is 12.1. The van der Waals surface area contributed by atoms with Gasteiger partial charge >= 0.3 is 0 Å². The van der Waals surface area contributed by atoms with Gasteiger partial charge in [-0.25, -0.2) is 4.39 Å². The minimum Gasteiger partial charge on any atom is -0.493 e. The molecule has 0 fully saturated rings. The second-order valence-electron chi connectivity index (χ2n) is 3.96. The fourth-order valence-corrected chi connectivity index (χ4v) is 1.23. The molecule has 0 aliphatic carbocycles. The van der Waals surface area contributed by atoms with Crippen molar-refractivity contribution in [2.75, 3.05) is 13.2 Å². The lowest BCUT2D eigenvalue weighted by molar-refractivity contribution is 0.173. The van der Waals surface area contributed by atoms with Gasteiger partial charge in [0.25, 0.3) is 0 Å². The summed E-state index contributed by atoms with van der Waals surface area (Å²) in [6.45, 7) is 3.71. The molecule has 1 unspecified atom stereocenters. The van der Waals surface area contributed by atoms with E-state index in [0.29, 0.717) is 12.4 Å². The van der Waals surface area contributed by atoms with Crippen molar-refractivity contribution >= 4 is 0 Å². The third-order valence-corrected chi connectivity index (χ3v) is 2.27. The topological polar surface area (TPSA) is 49.7 Å². The van der Waals surface area contributed by atoms with E-state index >= 15 is 0 Å². The fourth-order valence-electron chi connectivity index (χ4n) is 1.23. The van der Waals surface area contributed by atoms with E-state index in [9.17, 15) is 9.50 Å². The van der Waals surface area contributed by atoms with Crippen LogP contribution in [0.25, 0.3) is 0 Å². The van der Waals surface area contributed by atoms with Crippen LogP contribution in [0.5, 0.6) is 5.75 Å². The summed E-state index contributed by atoms with van der Waals surface area (Å²) < 4.78 is 18.7. The van der Waals surface area contributed by atoms with Gasteiger partial charge in [0.15, 0.2) is 0 Å². The quantitative estimate of drug-likeness (QED) is 0.809. The van der Waals surface area contributed by atoms with Gasteiger partial charge in [0.05, 0.1) is 12.7 Å². The second-order valence-corrected chi connectivity index (χ2v) is 3.96. The highest BCUT2D eigenvalue weighted by molar-refractivity contribution is 5.29. The van der Waals surface area contributed by atoms with Gasteiger partial charge in [-0.3, -0.25) is 0 Å². The molecule has 0 aliphatic heterocycles. The number of benzene rings is 1. The molecular weight excluding hydrogens is 211 g/mol. The molecule has 16 heavy (non-hydrogen) atoms. The summed E-state index contributed by atoms with van der Waals surface area (Å²) in [6.07, 6.45) is -0.828. The molecule has 0 amide bonds. The Morgan fingerprint density at radius 2 is 2.06 bits per heavy atom. The average molecular weight is 228 g/mol. The summed E-state index contributed by atoms with van der Waals surface area (Å²) in [7, 11) is 0. The van der Waals surface area contributed by atoms with Crippen molar-refractivity contribution in [3.8, 4) is 5.75 Å². The summed E-state index contributed by atoms with van der Waals surface area (Å²) >= 11 is 0. The highest BCUT2D eigenvalue weighted by Gasteiger charge is 2.09. The Morgan fingerprint density at radius 3 is 2.56 bits per heavy atom. The van der Waals surface area contributed by atoms with Gasteiger partial charge in [-0.15, -0.1) is 0 Å². The van der Waals surface area contributed by atoms with E-state index in [1.165, 1.54) is 19.1 Å². The van der Waals surface area contributed by atoms with Gasteiger partial charge in [0, 0.05) is 24.2 Å². The Morgan fingerprint density at radius 1 is 1.38 bits per heavy atom. The number of hydrogen-bond donors (Lipinski definition) is 2. The molecule has 3 nitrogen and oxygen atoms in total. The minimum absolute atomic E-state index is 0.0134. The largest absolute Gasteiger partial charge is 0.493 e. The van der Waals surface area contributed by atoms with Gasteiger partial charge in [-0.05, 0) is 19.1 Å². The van der Waals surface area contributed by atoms with E-state index in [2.05, 4.69) is 0 Å². The van der Waals surface area contributed by atoms with Crippen molar-refractivity contribution in [3.63, 3.8) is 0 Å². The zero-order valence-corrected chi connectivity index (χ0v) is 9.48. The summed E-state index contributed by atoms with van der Waals surface area (Å²) in [5.41, 5.74) is 0.252. The van der Waals surface area contributed by atoms with Crippen LogP contribution in [0, 0.1) is 11.7 Å². The van der Waals surface area contributed by atoms with E-state index in [-0.39, 0.29) is 18.1 Å². The number of ether oxygens (including phenoxy) is 1. The molecule has 0 heterocycles. The molecule has 0 spiro atoms. The summed E-state index contributed by atoms with van der Waals surface area (Å²) in [6, 6.07) is 4.35. The normalized spacial score (nSPS) is 14.6.